The highest BCUT2D eigenvalue weighted by Gasteiger charge is 2.68. The quantitative estimate of drug-likeness (QED) is 0.630. The number of aliphatic hydroxyl groups is 3. The van der Waals surface area contributed by atoms with Gasteiger partial charge in [0.1, 0.15) is 0 Å². The molecule has 7 atom stereocenters. The molecule has 4 saturated carbocycles. The van der Waals surface area contributed by atoms with Gasteiger partial charge >= 0.3 is 5.97 Å². The monoisotopic (exact) mass is 348 g/mol. The number of fused-ring (bicyclic) bond motifs is 5. The maximum atomic E-state index is 11.8. The molecule has 0 saturated heterocycles. The smallest absolute Gasteiger partial charge is 0.333 e. The second kappa shape index (κ2) is 4.68. The molecule has 2 bridgehead atoms. The molecule has 3 N–H and O–H groups in total. The molecule has 0 radical (unpaired) electrons. The Hall–Kier alpha value is -0.910. The second-order valence-corrected chi connectivity index (χ2v) is 9.73. The molecule has 4 aliphatic carbocycles. The van der Waals surface area contributed by atoms with Crippen LogP contribution in [-0.4, -0.2) is 39.3 Å². The van der Waals surface area contributed by atoms with E-state index < -0.39 is 17.4 Å². The SMILES string of the molecule is C[C@@]12CC[C@@]3(O)OC(=O)C=C3C1CC[C@@]13C[C@@H](CCC12)[C@@](O)(CO)C3. The lowest BCUT2D eigenvalue weighted by atomic mass is 9.44. The molecule has 0 aromatic carbocycles. The van der Waals surface area contributed by atoms with Gasteiger partial charge in [-0.15, -0.1) is 0 Å². The van der Waals surface area contributed by atoms with E-state index in [1.807, 2.05) is 0 Å². The minimum atomic E-state index is -1.38. The summed E-state index contributed by atoms with van der Waals surface area (Å²) in [5.41, 5.74) is -0.00110. The summed E-state index contributed by atoms with van der Waals surface area (Å²) in [7, 11) is 0. The summed E-state index contributed by atoms with van der Waals surface area (Å²) in [6.07, 6.45) is 8.51. The Balaban J connectivity index is 1.54. The molecule has 0 aromatic heterocycles. The van der Waals surface area contributed by atoms with Crippen molar-refractivity contribution in [3.63, 3.8) is 0 Å². The molecule has 1 aliphatic heterocycles. The van der Waals surface area contributed by atoms with Gasteiger partial charge in [0.25, 0.3) is 0 Å². The Morgan fingerprint density at radius 3 is 2.76 bits per heavy atom. The fraction of sp³-hybridized carbons (Fsp3) is 0.850. The fourth-order valence-electron chi connectivity index (χ4n) is 7.76. The third-order valence-electron chi connectivity index (χ3n) is 8.78. The van der Waals surface area contributed by atoms with Crippen LogP contribution in [0.5, 0.6) is 0 Å². The van der Waals surface area contributed by atoms with E-state index in [0.29, 0.717) is 18.8 Å². The second-order valence-electron chi connectivity index (χ2n) is 9.73. The van der Waals surface area contributed by atoms with Crippen LogP contribution in [0.15, 0.2) is 11.6 Å². The van der Waals surface area contributed by atoms with Crippen LogP contribution in [0.3, 0.4) is 0 Å². The fourth-order valence-corrected chi connectivity index (χ4v) is 7.76. The third kappa shape index (κ3) is 1.87. The minimum absolute atomic E-state index is 0.0238. The first kappa shape index (κ1) is 16.3. The van der Waals surface area contributed by atoms with Gasteiger partial charge in [0, 0.05) is 18.1 Å². The third-order valence-corrected chi connectivity index (χ3v) is 8.78. The Bertz CT molecular complexity index is 673. The molecule has 1 heterocycles. The van der Waals surface area contributed by atoms with Crippen LogP contribution < -0.4 is 0 Å². The summed E-state index contributed by atoms with van der Waals surface area (Å²) >= 11 is 0. The van der Waals surface area contributed by atoms with E-state index in [0.717, 1.165) is 44.1 Å². The van der Waals surface area contributed by atoms with Gasteiger partial charge in [-0.05, 0) is 73.5 Å². The van der Waals surface area contributed by atoms with Crippen LogP contribution in [0.1, 0.15) is 58.3 Å². The lowest BCUT2D eigenvalue weighted by molar-refractivity contribution is -0.208. The summed E-state index contributed by atoms with van der Waals surface area (Å²) in [5.74, 6) is -0.944. The van der Waals surface area contributed by atoms with Crippen LogP contribution in [0.25, 0.3) is 0 Å². The van der Waals surface area contributed by atoms with E-state index in [4.69, 9.17) is 4.74 Å². The predicted octanol–water partition coefficient (Wildman–Crippen LogP) is 1.90. The number of rotatable bonds is 1. The number of hydrogen-bond donors (Lipinski definition) is 3. The minimum Gasteiger partial charge on any atom is -0.426 e. The summed E-state index contributed by atoms with van der Waals surface area (Å²) in [4.78, 5) is 11.8. The van der Waals surface area contributed by atoms with E-state index in [2.05, 4.69) is 6.92 Å². The van der Waals surface area contributed by atoms with Crippen molar-refractivity contribution in [3.8, 4) is 0 Å². The van der Waals surface area contributed by atoms with Crippen LogP contribution in [0, 0.1) is 28.6 Å². The van der Waals surface area contributed by atoms with Gasteiger partial charge in [-0.3, -0.25) is 0 Å². The Kier molecular flexibility index (Phi) is 3.04. The average molecular weight is 348 g/mol. The highest BCUT2D eigenvalue weighted by atomic mass is 16.7. The first-order chi connectivity index (χ1) is 11.7. The highest BCUT2D eigenvalue weighted by molar-refractivity contribution is 5.86. The first-order valence-electron chi connectivity index (χ1n) is 9.75. The Morgan fingerprint density at radius 2 is 2.00 bits per heavy atom. The van der Waals surface area contributed by atoms with E-state index in [1.165, 1.54) is 6.08 Å². The molecule has 5 rings (SSSR count). The normalized spacial score (nSPS) is 56.6. The summed E-state index contributed by atoms with van der Waals surface area (Å²) in [6.45, 7) is 2.18. The molecule has 25 heavy (non-hydrogen) atoms. The summed E-state index contributed by atoms with van der Waals surface area (Å²) in [6, 6.07) is 0. The van der Waals surface area contributed by atoms with Gasteiger partial charge in [-0.2, -0.15) is 0 Å². The first-order valence-corrected chi connectivity index (χ1v) is 9.75. The zero-order chi connectivity index (χ0) is 17.7. The van der Waals surface area contributed by atoms with Crippen LogP contribution in [0.4, 0.5) is 0 Å². The molecule has 2 unspecified atom stereocenters. The van der Waals surface area contributed by atoms with Crippen molar-refractivity contribution in [3.05, 3.63) is 11.6 Å². The van der Waals surface area contributed by atoms with Crippen molar-refractivity contribution in [2.75, 3.05) is 6.61 Å². The van der Waals surface area contributed by atoms with Gasteiger partial charge in [-0.1, -0.05) is 6.92 Å². The molecular weight excluding hydrogens is 320 g/mol. The molecule has 1 spiro atoms. The molecule has 4 fully saturated rings. The predicted molar refractivity (Wildman–Crippen MR) is 89.1 cm³/mol. The van der Waals surface area contributed by atoms with E-state index >= 15 is 0 Å². The maximum absolute atomic E-state index is 11.8. The zero-order valence-corrected chi connectivity index (χ0v) is 14.8. The largest absolute Gasteiger partial charge is 0.426 e. The van der Waals surface area contributed by atoms with Gasteiger partial charge in [0.05, 0.1) is 12.2 Å². The number of esters is 1. The lowest BCUT2D eigenvalue weighted by Crippen LogP contribution is -2.56. The van der Waals surface area contributed by atoms with Gasteiger partial charge in [-0.25, -0.2) is 4.79 Å². The van der Waals surface area contributed by atoms with Crippen LogP contribution in [0.2, 0.25) is 0 Å². The number of aliphatic hydroxyl groups excluding tert-OH is 1. The van der Waals surface area contributed by atoms with Crippen LogP contribution >= 0.6 is 0 Å². The summed E-state index contributed by atoms with van der Waals surface area (Å²) < 4.78 is 5.24. The zero-order valence-electron chi connectivity index (χ0n) is 14.8. The molecule has 5 nitrogen and oxygen atoms in total. The van der Waals surface area contributed by atoms with Gasteiger partial charge < -0.3 is 20.1 Å². The molecule has 0 amide bonds. The molecule has 0 aromatic rings. The standard InChI is InChI=1S/C20H28O5/c1-17-6-7-20(24)14(8-16(22)25-20)13(17)4-5-18-9-12(2-3-15(17)18)19(23,10-18)11-21/h8,12-13,15,21,23-24H,2-7,9-11H2,1H3/t12-,13?,15?,17-,18+,19+,20-/m1/s1. The number of hydrogen-bond acceptors (Lipinski definition) is 5. The van der Waals surface area contributed by atoms with Crippen molar-refractivity contribution in [2.24, 2.45) is 28.6 Å². The Labute approximate surface area is 148 Å². The van der Waals surface area contributed by atoms with E-state index in [-0.39, 0.29) is 29.3 Å². The van der Waals surface area contributed by atoms with Crippen molar-refractivity contribution < 1.29 is 24.9 Å². The summed E-state index contributed by atoms with van der Waals surface area (Å²) in [5, 5.41) is 31.5. The van der Waals surface area contributed by atoms with Crippen molar-refractivity contribution >= 4 is 5.97 Å². The van der Waals surface area contributed by atoms with Crippen molar-refractivity contribution in [1.29, 1.82) is 0 Å². The van der Waals surface area contributed by atoms with Gasteiger partial charge in [0.15, 0.2) is 0 Å². The maximum Gasteiger partial charge on any atom is 0.333 e. The number of carbonyl (C=O) groups excluding carboxylic acids is 1. The van der Waals surface area contributed by atoms with E-state index in [9.17, 15) is 20.1 Å². The molecule has 5 aliphatic rings. The number of carbonyl (C=O) groups is 1. The van der Waals surface area contributed by atoms with Crippen molar-refractivity contribution in [1.82, 2.24) is 0 Å². The van der Waals surface area contributed by atoms with E-state index in [1.54, 1.807) is 0 Å². The van der Waals surface area contributed by atoms with Gasteiger partial charge in [0.2, 0.25) is 5.79 Å². The number of ether oxygens (including phenoxy) is 1. The average Bonchev–Trinajstić information content (AvgIpc) is 2.98. The van der Waals surface area contributed by atoms with Crippen molar-refractivity contribution in [2.45, 2.75) is 69.7 Å². The topological polar surface area (TPSA) is 87.0 Å². The van der Waals surface area contributed by atoms with Crippen LogP contribution in [-0.2, 0) is 9.53 Å². The Morgan fingerprint density at radius 1 is 1.20 bits per heavy atom. The molecular formula is C20H28O5. The lowest BCUT2D eigenvalue weighted by Gasteiger charge is -2.61. The molecule has 138 valence electrons. The highest BCUT2D eigenvalue weighted by Crippen LogP contribution is 2.72. The molecule has 5 heteroatoms.